The lowest BCUT2D eigenvalue weighted by molar-refractivity contribution is -0.135. The summed E-state index contributed by atoms with van der Waals surface area (Å²) < 4.78 is 13.1. The van der Waals surface area contributed by atoms with Gasteiger partial charge in [-0.3, -0.25) is 4.79 Å². The molecule has 2 aromatic rings. The number of nitrogen functional groups attached to an aromatic ring is 1. The van der Waals surface area contributed by atoms with Gasteiger partial charge in [-0.1, -0.05) is 12.1 Å². The number of carbonyl (C=O) groups excluding carboxylic acids is 1. The van der Waals surface area contributed by atoms with Crippen LogP contribution in [0.1, 0.15) is 29.7 Å². The quantitative estimate of drug-likeness (QED) is 0.918. The van der Waals surface area contributed by atoms with Crippen LogP contribution in [0.25, 0.3) is 0 Å². The molecule has 2 aliphatic rings. The van der Waals surface area contributed by atoms with Gasteiger partial charge in [0, 0.05) is 12.7 Å². The molecule has 5 nitrogen and oxygen atoms in total. The van der Waals surface area contributed by atoms with Crippen molar-refractivity contribution in [1.29, 1.82) is 0 Å². The molecule has 1 aliphatic heterocycles. The molecule has 1 saturated carbocycles. The standard InChI is InChI=1S/C17H17FN4O/c18-13-3-1-12(2-4-13)17(6-7-17)15(23)22-8-5-11-9-20-16(19)21-14(11)10-22/h1-4,9H,5-8,10H2,(H2,19,20,21). The number of nitrogens with zero attached hydrogens (tertiary/aromatic N) is 3. The van der Waals surface area contributed by atoms with Crippen molar-refractivity contribution in [1.82, 2.24) is 14.9 Å². The molecule has 118 valence electrons. The first kappa shape index (κ1) is 14.1. The average Bonchev–Trinajstić information content (AvgIpc) is 3.36. The Balaban J connectivity index is 1.59. The van der Waals surface area contributed by atoms with Crippen LogP contribution in [-0.2, 0) is 23.2 Å². The van der Waals surface area contributed by atoms with Crippen molar-refractivity contribution < 1.29 is 9.18 Å². The lowest BCUT2D eigenvalue weighted by Crippen LogP contribution is -2.42. The summed E-state index contributed by atoms with van der Waals surface area (Å²) in [5.41, 5.74) is 7.94. The highest BCUT2D eigenvalue weighted by Crippen LogP contribution is 2.50. The van der Waals surface area contributed by atoms with E-state index < -0.39 is 5.41 Å². The number of rotatable bonds is 2. The fourth-order valence-corrected chi connectivity index (χ4v) is 3.31. The van der Waals surface area contributed by atoms with E-state index in [1.54, 1.807) is 18.3 Å². The molecule has 0 radical (unpaired) electrons. The smallest absolute Gasteiger partial charge is 0.233 e. The van der Waals surface area contributed by atoms with Gasteiger partial charge in [0.15, 0.2) is 0 Å². The van der Waals surface area contributed by atoms with Crippen molar-refractivity contribution in [2.24, 2.45) is 0 Å². The SMILES string of the molecule is Nc1ncc2c(n1)CN(C(=O)C1(c3ccc(F)cc3)CC1)CC2. The minimum atomic E-state index is -0.482. The number of hydrogen-bond acceptors (Lipinski definition) is 4. The Kier molecular flexibility index (Phi) is 3.07. The van der Waals surface area contributed by atoms with E-state index in [2.05, 4.69) is 9.97 Å². The molecule has 0 bridgehead atoms. The Labute approximate surface area is 133 Å². The number of amides is 1. The summed E-state index contributed by atoms with van der Waals surface area (Å²) in [5, 5.41) is 0. The summed E-state index contributed by atoms with van der Waals surface area (Å²) in [4.78, 5) is 23.1. The second-order valence-corrected chi connectivity index (χ2v) is 6.27. The number of aromatic nitrogens is 2. The number of carbonyl (C=O) groups is 1. The predicted molar refractivity (Wildman–Crippen MR) is 82.9 cm³/mol. The summed E-state index contributed by atoms with van der Waals surface area (Å²) in [6.45, 7) is 1.12. The van der Waals surface area contributed by atoms with Gasteiger partial charge in [0.1, 0.15) is 5.82 Å². The number of benzene rings is 1. The van der Waals surface area contributed by atoms with Crippen LogP contribution in [0.5, 0.6) is 0 Å². The van der Waals surface area contributed by atoms with Crippen LogP contribution < -0.4 is 5.73 Å². The summed E-state index contributed by atoms with van der Waals surface area (Å²) in [6, 6.07) is 6.28. The summed E-state index contributed by atoms with van der Waals surface area (Å²) >= 11 is 0. The molecule has 0 unspecified atom stereocenters. The molecule has 1 fully saturated rings. The third-order valence-electron chi connectivity index (χ3n) is 4.81. The largest absolute Gasteiger partial charge is 0.368 e. The van der Waals surface area contributed by atoms with Gasteiger partial charge in [-0.15, -0.1) is 0 Å². The molecule has 0 atom stereocenters. The van der Waals surface area contributed by atoms with Gasteiger partial charge in [-0.2, -0.15) is 0 Å². The first-order chi connectivity index (χ1) is 11.1. The van der Waals surface area contributed by atoms with Crippen LogP contribution in [-0.4, -0.2) is 27.3 Å². The van der Waals surface area contributed by atoms with Crippen molar-refractivity contribution in [3.63, 3.8) is 0 Å². The second-order valence-electron chi connectivity index (χ2n) is 6.27. The normalized spacial score (nSPS) is 18.4. The Morgan fingerprint density at radius 3 is 2.70 bits per heavy atom. The lowest BCUT2D eigenvalue weighted by atomic mass is 9.93. The molecule has 0 spiro atoms. The number of hydrogen-bond donors (Lipinski definition) is 1. The van der Waals surface area contributed by atoms with Crippen molar-refractivity contribution >= 4 is 11.9 Å². The molecule has 1 aromatic carbocycles. The fourth-order valence-electron chi connectivity index (χ4n) is 3.31. The topological polar surface area (TPSA) is 72.1 Å². The van der Waals surface area contributed by atoms with Gasteiger partial charge >= 0.3 is 0 Å². The van der Waals surface area contributed by atoms with Crippen molar-refractivity contribution in [3.8, 4) is 0 Å². The highest BCUT2D eigenvalue weighted by Gasteiger charge is 2.53. The van der Waals surface area contributed by atoms with Crippen LogP contribution in [0, 0.1) is 5.82 Å². The van der Waals surface area contributed by atoms with Gasteiger partial charge in [0.05, 0.1) is 17.7 Å². The van der Waals surface area contributed by atoms with E-state index in [1.807, 2.05) is 4.90 Å². The van der Waals surface area contributed by atoms with Gasteiger partial charge < -0.3 is 10.6 Å². The van der Waals surface area contributed by atoms with Crippen molar-refractivity contribution in [2.75, 3.05) is 12.3 Å². The first-order valence-corrected chi connectivity index (χ1v) is 7.74. The van der Waals surface area contributed by atoms with Crippen molar-refractivity contribution in [2.45, 2.75) is 31.2 Å². The van der Waals surface area contributed by atoms with Crippen LogP contribution in [0.3, 0.4) is 0 Å². The van der Waals surface area contributed by atoms with E-state index in [0.717, 1.165) is 36.1 Å². The Morgan fingerprint density at radius 2 is 2.00 bits per heavy atom. The minimum absolute atomic E-state index is 0.104. The molecule has 4 rings (SSSR count). The maximum atomic E-state index is 13.1. The fraction of sp³-hybridized carbons (Fsp3) is 0.353. The van der Waals surface area contributed by atoms with Crippen LogP contribution in [0.2, 0.25) is 0 Å². The second kappa shape index (κ2) is 5.01. The average molecular weight is 312 g/mol. The summed E-state index contributed by atoms with van der Waals surface area (Å²) in [6.07, 6.45) is 4.10. The maximum absolute atomic E-state index is 13.1. The zero-order valence-electron chi connectivity index (χ0n) is 12.6. The molecule has 1 aromatic heterocycles. The number of fused-ring (bicyclic) bond motifs is 1. The van der Waals surface area contributed by atoms with Crippen molar-refractivity contribution in [3.05, 3.63) is 53.1 Å². The Hall–Kier alpha value is -2.50. The molecule has 6 heteroatoms. The Morgan fingerprint density at radius 1 is 1.26 bits per heavy atom. The van der Waals surface area contributed by atoms with Gasteiger partial charge in [0.2, 0.25) is 11.9 Å². The summed E-state index contributed by atoms with van der Waals surface area (Å²) in [7, 11) is 0. The summed E-state index contributed by atoms with van der Waals surface area (Å²) in [5.74, 6) is 0.0562. The molecular formula is C17H17FN4O. The van der Waals surface area contributed by atoms with E-state index >= 15 is 0 Å². The van der Waals surface area contributed by atoms with E-state index in [9.17, 15) is 9.18 Å². The third-order valence-corrected chi connectivity index (χ3v) is 4.81. The zero-order valence-corrected chi connectivity index (χ0v) is 12.6. The first-order valence-electron chi connectivity index (χ1n) is 7.74. The molecule has 1 amide bonds. The molecule has 23 heavy (non-hydrogen) atoms. The minimum Gasteiger partial charge on any atom is -0.368 e. The third kappa shape index (κ3) is 2.34. The van der Waals surface area contributed by atoms with E-state index in [4.69, 9.17) is 5.73 Å². The highest BCUT2D eigenvalue weighted by atomic mass is 19.1. The molecular weight excluding hydrogens is 295 g/mol. The van der Waals surface area contributed by atoms with E-state index in [1.165, 1.54) is 12.1 Å². The van der Waals surface area contributed by atoms with Crippen LogP contribution in [0.4, 0.5) is 10.3 Å². The molecule has 2 N–H and O–H groups in total. The van der Waals surface area contributed by atoms with E-state index in [-0.39, 0.29) is 17.7 Å². The van der Waals surface area contributed by atoms with Gasteiger partial charge in [-0.25, -0.2) is 14.4 Å². The molecule has 1 aliphatic carbocycles. The lowest BCUT2D eigenvalue weighted by Gasteiger charge is -2.31. The number of halogens is 1. The van der Waals surface area contributed by atoms with Crippen LogP contribution in [0.15, 0.2) is 30.5 Å². The Bertz CT molecular complexity index is 771. The zero-order chi connectivity index (χ0) is 16.0. The van der Waals surface area contributed by atoms with E-state index in [0.29, 0.717) is 13.1 Å². The van der Waals surface area contributed by atoms with Crippen LogP contribution >= 0.6 is 0 Å². The van der Waals surface area contributed by atoms with Gasteiger partial charge in [-0.05, 0) is 42.5 Å². The monoisotopic (exact) mass is 312 g/mol. The number of anilines is 1. The predicted octanol–water partition coefficient (Wildman–Crippen LogP) is 1.81. The maximum Gasteiger partial charge on any atom is 0.233 e. The molecule has 0 saturated heterocycles. The molecule has 2 heterocycles. The highest BCUT2D eigenvalue weighted by molar-refractivity contribution is 5.91. The number of nitrogens with two attached hydrogens (primary N) is 1. The van der Waals surface area contributed by atoms with Gasteiger partial charge in [0.25, 0.3) is 0 Å².